The van der Waals surface area contributed by atoms with Crippen LogP contribution in [0.2, 0.25) is 0 Å². The summed E-state index contributed by atoms with van der Waals surface area (Å²) in [6, 6.07) is 0. The molecule has 1 aliphatic rings. The Bertz CT molecular complexity index is 99.2. The molecule has 0 atom stereocenters. The SMILES string of the molecule is [CH]1CCCC=CCCCCCC1. The number of rotatable bonds is 0. The van der Waals surface area contributed by atoms with Crippen molar-refractivity contribution in [2.75, 3.05) is 0 Å². The molecule has 0 saturated carbocycles. The first-order valence-electron chi connectivity index (χ1n) is 5.47. The van der Waals surface area contributed by atoms with E-state index in [4.69, 9.17) is 0 Å². The number of allylic oxidation sites excluding steroid dienone is 2. The van der Waals surface area contributed by atoms with Crippen molar-refractivity contribution in [2.45, 2.75) is 57.8 Å². The van der Waals surface area contributed by atoms with Gasteiger partial charge in [0.25, 0.3) is 0 Å². The highest BCUT2D eigenvalue weighted by Crippen LogP contribution is 2.11. The van der Waals surface area contributed by atoms with E-state index in [2.05, 4.69) is 18.6 Å². The zero-order chi connectivity index (χ0) is 8.49. The van der Waals surface area contributed by atoms with Gasteiger partial charge < -0.3 is 0 Å². The maximum Gasteiger partial charge on any atom is -0.0351 e. The topological polar surface area (TPSA) is 0 Å². The van der Waals surface area contributed by atoms with Crippen molar-refractivity contribution in [3.05, 3.63) is 18.6 Å². The zero-order valence-electron chi connectivity index (χ0n) is 8.10. The van der Waals surface area contributed by atoms with E-state index in [0.717, 1.165) is 0 Å². The fourth-order valence-electron chi connectivity index (χ4n) is 1.66. The summed E-state index contributed by atoms with van der Waals surface area (Å²) in [4.78, 5) is 0. The predicted octanol–water partition coefficient (Wildman–Crippen LogP) is 4.27. The summed E-state index contributed by atoms with van der Waals surface area (Å²) in [5.41, 5.74) is 0. The lowest BCUT2D eigenvalue weighted by Crippen LogP contribution is -1.83. The minimum Gasteiger partial charge on any atom is -0.0885 e. The van der Waals surface area contributed by atoms with Crippen LogP contribution >= 0.6 is 0 Å². The first-order valence-corrected chi connectivity index (χ1v) is 5.47. The molecule has 0 bridgehead atoms. The van der Waals surface area contributed by atoms with Gasteiger partial charge in [0.1, 0.15) is 0 Å². The monoisotopic (exact) mass is 165 g/mol. The van der Waals surface area contributed by atoms with Gasteiger partial charge in [0.15, 0.2) is 0 Å². The van der Waals surface area contributed by atoms with Crippen LogP contribution in [0.3, 0.4) is 0 Å². The molecule has 0 aromatic heterocycles. The Morgan fingerprint density at radius 3 is 1.92 bits per heavy atom. The van der Waals surface area contributed by atoms with Crippen LogP contribution in [0.5, 0.6) is 0 Å². The summed E-state index contributed by atoms with van der Waals surface area (Å²) in [5, 5.41) is 0. The van der Waals surface area contributed by atoms with Gasteiger partial charge >= 0.3 is 0 Å². The van der Waals surface area contributed by atoms with Crippen molar-refractivity contribution in [3.63, 3.8) is 0 Å². The third kappa shape index (κ3) is 5.40. The van der Waals surface area contributed by atoms with Crippen molar-refractivity contribution in [1.29, 1.82) is 0 Å². The van der Waals surface area contributed by atoms with Gasteiger partial charge in [-0.25, -0.2) is 0 Å². The van der Waals surface area contributed by atoms with Gasteiger partial charge in [-0.3, -0.25) is 0 Å². The Labute approximate surface area is 77.1 Å². The minimum atomic E-state index is 1.29. The van der Waals surface area contributed by atoms with Gasteiger partial charge in [0.2, 0.25) is 0 Å². The average Bonchev–Trinajstić information content (AvgIpc) is 2.05. The van der Waals surface area contributed by atoms with Crippen molar-refractivity contribution in [2.24, 2.45) is 0 Å². The third-order valence-corrected chi connectivity index (χ3v) is 2.47. The fourth-order valence-corrected chi connectivity index (χ4v) is 1.66. The maximum absolute atomic E-state index is 2.47. The van der Waals surface area contributed by atoms with E-state index in [1.54, 1.807) is 0 Å². The van der Waals surface area contributed by atoms with Gasteiger partial charge in [-0.05, 0) is 38.5 Å². The molecular weight excluding hydrogens is 144 g/mol. The van der Waals surface area contributed by atoms with Crippen LogP contribution in [0.25, 0.3) is 0 Å². The molecule has 0 heteroatoms. The highest BCUT2D eigenvalue weighted by molar-refractivity contribution is 4.82. The Kier molecular flexibility index (Phi) is 6.05. The second-order valence-corrected chi connectivity index (χ2v) is 3.68. The average molecular weight is 165 g/mol. The molecule has 1 aliphatic carbocycles. The van der Waals surface area contributed by atoms with E-state index in [-0.39, 0.29) is 0 Å². The molecule has 69 valence electrons. The van der Waals surface area contributed by atoms with Gasteiger partial charge in [-0.2, -0.15) is 0 Å². The van der Waals surface area contributed by atoms with E-state index in [9.17, 15) is 0 Å². The molecule has 0 saturated heterocycles. The first-order chi connectivity index (χ1) is 6.00. The van der Waals surface area contributed by atoms with Crippen LogP contribution < -0.4 is 0 Å². The molecule has 0 unspecified atom stereocenters. The molecule has 0 aromatic rings. The second-order valence-electron chi connectivity index (χ2n) is 3.68. The lowest BCUT2D eigenvalue weighted by atomic mass is 10.0. The standard InChI is InChI=1S/C12H21/c1-2-4-6-8-10-12-11-9-7-5-3-1/h1-2,9H,3-8,10-12H2. The number of hydrogen-bond donors (Lipinski definition) is 0. The molecule has 12 heavy (non-hydrogen) atoms. The van der Waals surface area contributed by atoms with Gasteiger partial charge in [0.05, 0.1) is 0 Å². The number of hydrogen-bond acceptors (Lipinski definition) is 0. The fraction of sp³-hybridized carbons (Fsp3) is 0.750. The molecule has 0 aromatic carbocycles. The Morgan fingerprint density at radius 1 is 0.500 bits per heavy atom. The van der Waals surface area contributed by atoms with Crippen molar-refractivity contribution in [1.82, 2.24) is 0 Å². The van der Waals surface area contributed by atoms with E-state index in [1.807, 2.05) is 0 Å². The van der Waals surface area contributed by atoms with Gasteiger partial charge in [0, 0.05) is 0 Å². The molecular formula is C12H21. The van der Waals surface area contributed by atoms with Crippen LogP contribution in [0.15, 0.2) is 12.2 Å². The normalized spacial score (nSPS) is 22.7. The Hall–Kier alpha value is -0.260. The van der Waals surface area contributed by atoms with Gasteiger partial charge in [-0.15, -0.1) is 0 Å². The molecule has 0 N–H and O–H groups in total. The summed E-state index contributed by atoms with van der Waals surface area (Å²) in [6.07, 6.45) is 19.5. The molecule has 0 heterocycles. The van der Waals surface area contributed by atoms with Crippen LogP contribution in [0.4, 0.5) is 0 Å². The lowest BCUT2D eigenvalue weighted by Gasteiger charge is -2.02. The highest BCUT2D eigenvalue weighted by Gasteiger charge is 1.93. The molecule has 0 nitrogen and oxygen atoms in total. The summed E-state index contributed by atoms with van der Waals surface area (Å²) < 4.78 is 0. The molecule has 0 amide bonds. The minimum absolute atomic E-state index is 1.29. The van der Waals surface area contributed by atoms with Crippen LogP contribution in [-0.2, 0) is 0 Å². The highest BCUT2D eigenvalue weighted by atomic mass is 14.0. The summed E-state index contributed by atoms with van der Waals surface area (Å²) in [5.74, 6) is 0. The van der Waals surface area contributed by atoms with Crippen molar-refractivity contribution < 1.29 is 0 Å². The van der Waals surface area contributed by atoms with Crippen LogP contribution in [0, 0.1) is 6.42 Å². The molecule has 0 spiro atoms. The van der Waals surface area contributed by atoms with Gasteiger partial charge in [-0.1, -0.05) is 37.8 Å². The van der Waals surface area contributed by atoms with E-state index in [1.165, 1.54) is 57.8 Å². The van der Waals surface area contributed by atoms with E-state index in [0.29, 0.717) is 0 Å². The quantitative estimate of drug-likeness (QED) is 0.470. The Balaban J connectivity index is 2.10. The third-order valence-electron chi connectivity index (χ3n) is 2.47. The maximum atomic E-state index is 2.47. The molecule has 1 rings (SSSR count). The van der Waals surface area contributed by atoms with Crippen LogP contribution in [-0.4, -0.2) is 0 Å². The zero-order valence-corrected chi connectivity index (χ0v) is 8.10. The molecule has 1 radical (unpaired) electrons. The van der Waals surface area contributed by atoms with E-state index >= 15 is 0 Å². The summed E-state index contributed by atoms with van der Waals surface area (Å²) in [7, 11) is 0. The molecule has 0 aliphatic heterocycles. The van der Waals surface area contributed by atoms with Crippen LogP contribution in [0.1, 0.15) is 57.8 Å². The largest absolute Gasteiger partial charge is 0.0885 e. The van der Waals surface area contributed by atoms with Crippen molar-refractivity contribution in [3.8, 4) is 0 Å². The predicted molar refractivity (Wildman–Crippen MR) is 55.0 cm³/mol. The smallest absolute Gasteiger partial charge is 0.0351 e. The summed E-state index contributed by atoms with van der Waals surface area (Å²) in [6.45, 7) is 0. The Morgan fingerprint density at radius 2 is 1.08 bits per heavy atom. The summed E-state index contributed by atoms with van der Waals surface area (Å²) >= 11 is 0. The first kappa shape index (κ1) is 9.83. The van der Waals surface area contributed by atoms with Crippen molar-refractivity contribution >= 4 is 0 Å². The lowest BCUT2D eigenvalue weighted by molar-refractivity contribution is 0.625. The van der Waals surface area contributed by atoms with E-state index < -0.39 is 0 Å². The second kappa shape index (κ2) is 7.39. The molecule has 0 fully saturated rings.